The molecule has 4 rings (SSSR count). The van der Waals surface area contributed by atoms with Crippen LogP contribution in [0.2, 0.25) is 0 Å². The van der Waals surface area contributed by atoms with Crippen molar-refractivity contribution in [2.45, 2.75) is 43.1 Å². The molecule has 5 heteroatoms. The van der Waals surface area contributed by atoms with Gasteiger partial charge >= 0.3 is 0 Å². The average molecular weight is 483 g/mol. The summed E-state index contributed by atoms with van der Waals surface area (Å²) in [7, 11) is 0. The third-order valence-electron chi connectivity index (χ3n) is 5.22. The highest BCUT2D eigenvalue weighted by molar-refractivity contribution is 9.09. The summed E-state index contributed by atoms with van der Waals surface area (Å²) in [6.07, 6.45) is -0.712. The molecule has 2 unspecified atom stereocenters. The van der Waals surface area contributed by atoms with Gasteiger partial charge in [0.1, 0.15) is 23.3 Å². The Labute approximate surface area is 192 Å². The maximum Gasteiger partial charge on any atom is 0.141 e. The van der Waals surface area contributed by atoms with Gasteiger partial charge in [-0.15, -0.1) is 0 Å². The van der Waals surface area contributed by atoms with Crippen LogP contribution in [-0.2, 0) is 38.8 Å². The second-order valence-electron chi connectivity index (χ2n) is 7.55. The fourth-order valence-corrected chi connectivity index (χ4v) is 4.32. The van der Waals surface area contributed by atoms with E-state index in [4.69, 9.17) is 18.9 Å². The Balaban J connectivity index is 1.39. The van der Waals surface area contributed by atoms with Crippen LogP contribution in [0.3, 0.4) is 0 Å². The van der Waals surface area contributed by atoms with Crippen molar-refractivity contribution in [2.24, 2.45) is 0 Å². The molecule has 0 amide bonds. The van der Waals surface area contributed by atoms with Crippen LogP contribution in [0.1, 0.15) is 16.7 Å². The van der Waals surface area contributed by atoms with Crippen molar-refractivity contribution in [3.05, 3.63) is 108 Å². The van der Waals surface area contributed by atoms with E-state index in [0.717, 1.165) is 16.7 Å². The summed E-state index contributed by atoms with van der Waals surface area (Å²) in [5.41, 5.74) is 3.37. The van der Waals surface area contributed by atoms with Crippen molar-refractivity contribution >= 4 is 15.9 Å². The van der Waals surface area contributed by atoms with Crippen LogP contribution in [0.5, 0.6) is 0 Å². The van der Waals surface area contributed by atoms with E-state index < -0.39 is 0 Å². The number of benzene rings is 3. The van der Waals surface area contributed by atoms with Crippen molar-refractivity contribution in [3.63, 3.8) is 0 Å². The minimum Gasteiger partial charge on any atom is -0.374 e. The predicted molar refractivity (Wildman–Crippen MR) is 124 cm³/mol. The summed E-state index contributed by atoms with van der Waals surface area (Å²) in [5.74, 6) is 0. The predicted octanol–water partition coefficient (Wildman–Crippen LogP) is 5.49. The molecule has 162 valence electrons. The standard InChI is InChI=1S/C26H27BrO4/c27-26-25(30-18-22-14-8-3-9-15-22)24(29-17-21-12-6-2-7-13-21)23(31-26)19-28-16-20-10-4-1-5-11-20/h1-15,23-26H,16-19H2/t23-,24-,25?,26?/m1/s1. The Hall–Kier alpha value is -2.02. The van der Waals surface area contributed by atoms with E-state index in [-0.39, 0.29) is 23.3 Å². The SMILES string of the molecule is BrC1O[C@H](COCc2ccccc2)[C@@H](OCc2ccccc2)C1OCc1ccccc1. The van der Waals surface area contributed by atoms with Gasteiger partial charge in [-0.2, -0.15) is 0 Å². The Morgan fingerprint density at radius 2 is 1.06 bits per heavy atom. The molecule has 0 N–H and O–H groups in total. The maximum atomic E-state index is 6.32. The molecule has 0 aromatic heterocycles. The zero-order valence-electron chi connectivity index (χ0n) is 17.3. The minimum atomic E-state index is -0.262. The topological polar surface area (TPSA) is 36.9 Å². The quantitative estimate of drug-likeness (QED) is 0.357. The van der Waals surface area contributed by atoms with Crippen LogP contribution in [0, 0.1) is 0 Å². The Morgan fingerprint density at radius 1 is 0.613 bits per heavy atom. The van der Waals surface area contributed by atoms with E-state index in [1.807, 2.05) is 54.6 Å². The lowest BCUT2D eigenvalue weighted by atomic mass is 10.1. The molecule has 1 aliphatic heterocycles. The third kappa shape index (κ3) is 6.48. The first-order valence-corrected chi connectivity index (χ1v) is 11.4. The van der Waals surface area contributed by atoms with Crippen LogP contribution in [-0.4, -0.2) is 29.9 Å². The molecular weight excluding hydrogens is 456 g/mol. The van der Waals surface area contributed by atoms with Crippen LogP contribution in [0.25, 0.3) is 0 Å². The average Bonchev–Trinajstić information content (AvgIpc) is 3.12. The van der Waals surface area contributed by atoms with E-state index in [0.29, 0.717) is 26.4 Å². The van der Waals surface area contributed by atoms with E-state index >= 15 is 0 Å². The summed E-state index contributed by atoms with van der Waals surface area (Å²) in [4.78, 5) is 0. The van der Waals surface area contributed by atoms with Crippen molar-refractivity contribution in [1.82, 2.24) is 0 Å². The van der Waals surface area contributed by atoms with Gasteiger partial charge in [0.15, 0.2) is 0 Å². The normalized spacial score (nSPS) is 23.1. The zero-order valence-corrected chi connectivity index (χ0v) is 18.9. The molecule has 1 aliphatic rings. The van der Waals surface area contributed by atoms with Crippen LogP contribution in [0.4, 0.5) is 0 Å². The number of rotatable bonds is 10. The number of ether oxygens (including phenoxy) is 4. The summed E-state index contributed by atoms with van der Waals surface area (Å²) in [5, 5.41) is -0.262. The highest BCUT2D eigenvalue weighted by atomic mass is 79.9. The molecule has 0 spiro atoms. The van der Waals surface area contributed by atoms with Gasteiger partial charge in [-0.3, -0.25) is 0 Å². The van der Waals surface area contributed by atoms with Gasteiger partial charge in [-0.05, 0) is 16.7 Å². The monoisotopic (exact) mass is 482 g/mol. The highest BCUT2D eigenvalue weighted by Gasteiger charge is 2.45. The van der Waals surface area contributed by atoms with Crippen molar-refractivity contribution in [2.75, 3.05) is 6.61 Å². The molecule has 0 aliphatic carbocycles. The molecule has 0 saturated carbocycles. The fraction of sp³-hybridized carbons (Fsp3) is 0.308. The number of alkyl halides is 1. The molecule has 1 fully saturated rings. The molecule has 3 aromatic rings. The highest BCUT2D eigenvalue weighted by Crippen LogP contribution is 2.32. The summed E-state index contributed by atoms with van der Waals surface area (Å²) < 4.78 is 24.7. The fourth-order valence-electron chi connectivity index (χ4n) is 3.59. The van der Waals surface area contributed by atoms with Crippen molar-refractivity contribution in [1.29, 1.82) is 0 Å². The van der Waals surface area contributed by atoms with Crippen LogP contribution in [0.15, 0.2) is 91.0 Å². The Bertz CT molecular complexity index is 891. The van der Waals surface area contributed by atoms with E-state index in [1.165, 1.54) is 0 Å². The first-order valence-electron chi connectivity index (χ1n) is 10.5. The number of hydrogen-bond donors (Lipinski definition) is 0. The van der Waals surface area contributed by atoms with Gasteiger partial charge in [0.25, 0.3) is 0 Å². The van der Waals surface area contributed by atoms with E-state index in [9.17, 15) is 0 Å². The van der Waals surface area contributed by atoms with Crippen LogP contribution < -0.4 is 0 Å². The number of halogens is 1. The summed E-state index contributed by atoms with van der Waals surface area (Å²) >= 11 is 3.64. The molecule has 3 aromatic carbocycles. The molecular formula is C26H27BrO4. The molecule has 4 nitrogen and oxygen atoms in total. The molecule has 0 radical (unpaired) electrons. The van der Waals surface area contributed by atoms with Crippen molar-refractivity contribution in [3.8, 4) is 0 Å². The van der Waals surface area contributed by atoms with Gasteiger partial charge in [0.05, 0.1) is 26.4 Å². The summed E-state index contributed by atoms with van der Waals surface area (Å²) in [6.45, 7) is 1.96. The van der Waals surface area contributed by atoms with Crippen molar-refractivity contribution < 1.29 is 18.9 Å². The number of hydrogen-bond acceptors (Lipinski definition) is 4. The molecule has 1 saturated heterocycles. The third-order valence-corrected chi connectivity index (χ3v) is 5.95. The lowest BCUT2D eigenvalue weighted by Gasteiger charge is -2.24. The maximum absolute atomic E-state index is 6.32. The van der Waals surface area contributed by atoms with Gasteiger partial charge in [0, 0.05) is 0 Å². The second-order valence-corrected chi connectivity index (χ2v) is 8.45. The van der Waals surface area contributed by atoms with Crippen LogP contribution >= 0.6 is 15.9 Å². The van der Waals surface area contributed by atoms with Gasteiger partial charge in [-0.1, -0.05) is 107 Å². The van der Waals surface area contributed by atoms with Gasteiger partial charge in [0.2, 0.25) is 0 Å². The molecule has 0 bridgehead atoms. The van der Waals surface area contributed by atoms with Gasteiger partial charge < -0.3 is 18.9 Å². The second kappa shape index (κ2) is 11.6. The summed E-state index contributed by atoms with van der Waals surface area (Å²) in [6, 6.07) is 30.4. The van der Waals surface area contributed by atoms with E-state index in [1.54, 1.807) is 0 Å². The first kappa shape index (κ1) is 22.2. The van der Waals surface area contributed by atoms with Gasteiger partial charge in [-0.25, -0.2) is 0 Å². The smallest absolute Gasteiger partial charge is 0.141 e. The molecule has 1 heterocycles. The van der Waals surface area contributed by atoms with E-state index in [2.05, 4.69) is 52.3 Å². The molecule has 31 heavy (non-hydrogen) atoms. The minimum absolute atomic E-state index is 0.224. The lowest BCUT2D eigenvalue weighted by molar-refractivity contribution is -0.0895. The Kier molecular flexibility index (Phi) is 8.27. The largest absolute Gasteiger partial charge is 0.374 e. The lowest BCUT2D eigenvalue weighted by Crippen LogP contribution is -2.38. The first-order chi connectivity index (χ1) is 15.3. The molecule has 4 atom stereocenters. The zero-order chi connectivity index (χ0) is 21.3. The Morgan fingerprint density at radius 3 is 1.58 bits per heavy atom.